The third-order valence-corrected chi connectivity index (χ3v) is 6.08. The molecule has 5 nitrogen and oxygen atoms in total. The zero-order chi connectivity index (χ0) is 18.7. The highest BCUT2D eigenvalue weighted by Crippen LogP contribution is 2.22. The van der Waals surface area contributed by atoms with Gasteiger partial charge in [-0.1, -0.05) is 26.0 Å². The van der Waals surface area contributed by atoms with Crippen molar-refractivity contribution < 1.29 is 9.59 Å². The van der Waals surface area contributed by atoms with Crippen molar-refractivity contribution >= 4 is 27.7 Å². The molecule has 0 spiro atoms. The van der Waals surface area contributed by atoms with Crippen LogP contribution in [-0.4, -0.2) is 71.8 Å². The van der Waals surface area contributed by atoms with Crippen molar-refractivity contribution in [2.24, 2.45) is 5.92 Å². The maximum absolute atomic E-state index is 12.7. The van der Waals surface area contributed by atoms with Gasteiger partial charge in [0.1, 0.15) is 0 Å². The number of rotatable bonds is 5. The molecule has 2 amide bonds. The van der Waals surface area contributed by atoms with Gasteiger partial charge >= 0.3 is 0 Å². The summed E-state index contributed by atoms with van der Waals surface area (Å²) in [4.78, 5) is 31.6. The number of nitrogens with zero attached hydrogens (tertiary/aromatic N) is 3. The van der Waals surface area contributed by atoms with Gasteiger partial charge in [0.25, 0.3) is 5.91 Å². The van der Waals surface area contributed by atoms with E-state index in [2.05, 4.69) is 34.7 Å². The number of carbonyl (C=O) groups is 2. The van der Waals surface area contributed by atoms with Gasteiger partial charge in [0, 0.05) is 43.7 Å². The molecule has 2 aliphatic rings. The second-order valence-electron chi connectivity index (χ2n) is 7.62. The molecular formula is C20H28BrN3O2. The molecule has 1 unspecified atom stereocenters. The number of carbonyl (C=O) groups excluding carboxylic acids is 2. The second-order valence-corrected chi connectivity index (χ2v) is 8.47. The predicted octanol–water partition coefficient (Wildman–Crippen LogP) is 2.85. The molecule has 2 heterocycles. The fourth-order valence-electron chi connectivity index (χ4n) is 3.74. The molecule has 0 bridgehead atoms. The lowest BCUT2D eigenvalue weighted by Gasteiger charge is -2.37. The first-order chi connectivity index (χ1) is 12.5. The minimum atomic E-state index is 0.00266. The molecule has 1 atom stereocenters. The number of halogens is 1. The van der Waals surface area contributed by atoms with Gasteiger partial charge in [0.05, 0.1) is 11.6 Å². The number of hydrogen-bond donors (Lipinski definition) is 0. The van der Waals surface area contributed by atoms with Crippen molar-refractivity contribution in [3.8, 4) is 0 Å². The lowest BCUT2D eigenvalue weighted by Crippen LogP contribution is -2.53. The zero-order valence-corrected chi connectivity index (χ0v) is 17.2. The fourth-order valence-corrected chi connectivity index (χ4v) is 4.19. The molecule has 0 saturated carbocycles. The molecule has 26 heavy (non-hydrogen) atoms. The van der Waals surface area contributed by atoms with Crippen molar-refractivity contribution in [1.82, 2.24) is 14.7 Å². The Hall–Kier alpha value is -1.40. The first-order valence-electron chi connectivity index (χ1n) is 9.54. The van der Waals surface area contributed by atoms with Crippen LogP contribution < -0.4 is 0 Å². The lowest BCUT2D eigenvalue weighted by molar-refractivity contribution is -0.132. The van der Waals surface area contributed by atoms with Gasteiger partial charge in [-0.3, -0.25) is 14.5 Å². The second kappa shape index (κ2) is 8.53. The van der Waals surface area contributed by atoms with E-state index in [0.29, 0.717) is 24.6 Å². The Morgan fingerprint density at radius 3 is 2.50 bits per heavy atom. The molecule has 6 heteroatoms. The first-order valence-corrected chi connectivity index (χ1v) is 10.3. The summed E-state index contributed by atoms with van der Waals surface area (Å²) in [6.45, 7) is 9.01. The minimum absolute atomic E-state index is 0.00266. The third-order valence-electron chi connectivity index (χ3n) is 5.39. The van der Waals surface area contributed by atoms with E-state index >= 15 is 0 Å². The Morgan fingerprint density at radius 1 is 1.15 bits per heavy atom. The molecule has 2 fully saturated rings. The maximum atomic E-state index is 12.7. The van der Waals surface area contributed by atoms with Crippen LogP contribution in [0.2, 0.25) is 0 Å². The van der Waals surface area contributed by atoms with Gasteiger partial charge in [-0.05, 0) is 46.8 Å². The molecule has 3 rings (SSSR count). The summed E-state index contributed by atoms with van der Waals surface area (Å²) in [6.07, 6.45) is 1.97. The van der Waals surface area contributed by atoms with Crippen LogP contribution in [0.25, 0.3) is 0 Å². The Balaban J connectivity index is 1.53. The monoisotopic (exact) mass is 421 g/mol. The van der Waals surface area contributed by atoms with Crippen LogP contribution in [0.1, 0.15) is 37.0 Å². The highest BCUT2D eigenvalue weighted by atomic mass is 79.9. The smallest absolute Gasteiger partial charge is 0.255 e. The van der Waals surface area contributed by atoms with E-state index in [0.717, 1.165) is 43.5 Å². The summed E-state index contributed by atoms with van der Waals surface area (Å²) >= 11 is 3.46. The summed E-state index contributed by atoms with van der Waals surface area (Å²) in [5.41, 5.74) is 0.706. The Morgan fingerprint density at radius 2 is 1.85 bits per heavy atom. The Kier molecular flexibility index (Phi) is 6.35. The van der Waals surface area contributed by atoms with Crippen molar-refractivity contribution in [2.75, 3.05) is 39.3 Å². The van der Waals surface area contributed by atoms with E-state index in [-0.39, 0.29) is 17.9 Å². The molecule has 142 valence electrons. The number of likely N-dealkylation sites (tertiary alicyclic amines) is 1. The number of hydrogen-bond acceptors (Lipinski definition) is 3. The number of benzene rings is 1. The standard InChI is InChI=1S/C20H28BrN3O2/c1-15(2)7-9-23-10-8-18(20(23)26)22-11-13-24(14-12-22)19(25)16-5-3-4-6-17(16)21/h3-6,15,18H,7-14H2,1-2H3. The molecule has 0 radical (unpaired) electrons. The molecule has 2 saturated heterocycles. The fraction of sp³-hybridized carbons (Fsp3) is 0.600. The highest BCUT2D eigenvalue weighted by molar-refractivity contribution is 9.10. The normalized spacial score (nSPS) is 21.7. The van der Waals surface area contributed by atoms with Gasteiger partial charge < -0.3 is 9.80 Å². The van der Waals surface area contributed by atoms with E-state index in [9.17, 15) is 9.59 Å². The van der Waals surface area contributed by atoms with Gasteiger partial charge in [-0.2, -0.15) is 0 Å². The molecular weight excluding hydrogens is 394 g/mol. The molecule has 0 aromatic heterocycles. The summed E-state index contributed by atoms with van der Waals surface area (Å²) in [7, 11) is 0. The summed E-state index contributed by atoms with van der Waals surface area (Å²) in [5, 5.41) is 0. The topological polar surface area (TPSA) is 43.9 Å². The van der Waals surface area contributed by atoms with Gasteiger partial charge in [0.2, 0.25) is 5.91 Å². The lowest BCUT2D eigenvalue weighted by atomic mass is 10.1. The van der Waals surface area contributed by atoms with E-state index in [1.807, 2.05) is 34.1 Å². The van der Waals surface area contributed by atoms with E-state index in [1.165, 1.54) is 0 Å². The molecule has 0 N–H and O–H groups in total. The zero-order valence-electron chi connectivity index (χ0n) is 15.7. The largest absolute Gasteiger partial charge is 0.341 e. The van der Waals surface area contributed by atoms with E-state index in [1.54, 1.807) is 0 Å². The van der Waals surface area contributed by atoms with Crippen molar-refractivity contribution in [2.45, 2.75) is 32.7 Å². The van der Waals surface area contributed by atoms with Crippen LogP contribution in [0.4, 0.5) is 0 Å². The van der Waals surface area contributed by atoms with Crippen LogP contribution in [0.5, 0.6) is 0 Å². The van der Waals surface area contributed by atoms with Crippen LogP contribution >= 0.6 is 15.9 Å². The SMILES string of the molecule is CC(C)CCN1CCC(N2CCN(C(=O)c3ccccc3Br)CC2)C1=O. The predicted molar refractivity (Wildman–Crippen MR) is 106 cm³/mol. The van der Waals surface area contributed by atoms with Gasteiger partial charge in [-0.15, -0.1) is 0 Å². The van der Waals surface area contributed by atoms with Gasteiger partial charge in [-0.25, -0.2) is 0 Å². The van der Waals surface area contributed by atoms with Crippen molar-refractivity contribution in [1.29, 1.82) is 0 Å². The number of piperazine rings is 1. The first kappa shape index (κ1) is 19.4. The average Bonchev–Trinajstić information content (AvgIpc) is 3.00. The Labute approximate surface area is 164 Å². The van der Waals surface area contributed by atoms with Crippen LogP contribution in [0.15, 0.2) is 28.7 Å². The molecule has 1 aromatic rings. The third kappa shape index (κ3) is 4.29. The summed E-state index contributed by atoms with van der Waals surface area (Å²) < 4.78 is 0.833. The summed E-state index contributed by atoms with van der Waals surface area (Å²) in [6, 6.07) is 7.55. The molecule has 0 aliphatic carbocycles. The Bertz CT molecular complexity index is 656. The van der Waals surface area contributed by atoms with Gasteiger partial charge in [0.15, 0.2) is 0 Å². The van der Waals surface area contributed by atoms with Crippen LogP contribution in [0.3, 0.4) is 0 Å². The van der Waals surface area contributed by atoms with E-state index < -0.39 is 0 Å². The molecule has 1 aromatic carbocycles. The minimum Gasteiger partial charge on any atom is -0.341 e. The van der Waals surface area contributed by atoms with Crippen molar-refractivity contribution in [3.63, 3.8) is 0 Å². The van der Waals surface area contributed by atoms with E-state index in [4.69, 9.17) is 0 Å². The van der Waals surface area contributed by atoms with Crippen LogP contribution in [-0.2, 0) is 4.79 Å². The van der Waals surface area contributed by atoms with Crippen LogP contribution in [0, 0.1) is 5.92 Å². The van der Waals surface area contributed by atoms with Crippen molar-refractivity contribution in [3.05, 3.63) is 34.3 Å². The summed E-state index contributed by atoms with van der Waals surface area (Å²) in [5.74, 6) is 0.957. The highest BCUT2D eigenvalue weighted by Gasteiger charge is 2.37. The molecule has 2 aliphatic heterocycles. The quantitative estimate of drug-likeness (QED) is 0.733. The number of amides is 2. The maximum Gasteiger partial charge on any atom is 0.255 e. The average molecular weight is 422 g/mol.